The summed E-state index contributed by atoms with van der Waals surface area (Å²) in [5, 5.41) is 12.3. The average molecular weight is 345 g/mol. The normalized spacial score (nSPS) is 12.4. The van der Waals surface area contributed by atoms with Gasteiger partial charge in [0.1, 0.15) is 0 Å². The number of hydrogen-bond acceptors (Lipinski definition) is 4. The van der Waals surface area contributed by atoms with Crippen molar-refractivity contribution in [1.82, 2.24) is 24.9 Å². The Morgan fingerprint density at radius 2 is 1.96 bits per heavy atom. The van der Waals surface area contributed by atoms with Crippen molar-refractivity contribution in [2.45, 2.75) is 26.8 Å². The fourth-order valence-corrected chi connectivity index (χ4v) is 3.12. The second-order valence-electron chi connectivity index (χ2n) is 6.50. The highest BCUT2D eigenvalue weighted by atomic mass is 16.1. The van der Waals surface area contributed by atoms with Crippen molar-refractivity contribution < 1.29 is 4.79 Å². The van der Waals surface area contributed by atoms with Crippen LogP contribution in [0.4, 0.5) is 0 Å². The number of fused-ring (bicyclic) bond motifs is 2. The quantitative estimate of drug-likeness (QED) is 0.618. The van der Waals surface area contributed by atoms with Crippen LogP contribution in [0.3, 0.4) is 0 Å². The summed E-state index contributed by atoms with van der Waals surface area (Å²) in [6, 6.07) is 13.3. The fourth-order valence-electron chi connectivity index (χ4n) is 3.12. The minimum Gasteiger partial charge on any atom is -0.342 e. The number of pyridine rings is 2. The summed E-state index contributed by atoms with van der Waals surface area (Å²) in [7, 11) is 0. The highest BCUT2D eigenvalue weighted by Crippen LogP contribution is 2.19. The van der Waals surface area contributed by atoms with E-state index in [0.717, 1.165) is 22.1 Å². The molecule has 0 saturated carbocycles. The van der Waals surface area contributed by atoms with Gasteiger partial charge in [0.25, 0.3) is 5.91 Å². The number of hydrogen-bond donors (Lipinski definition) is 1. The first kappa shape index (κ1) is 16.2. The lowest BCUT2D eigenvalue weighted by Crippen LogP contribution is -2.28. The van der Waals surface area contributed by atoms with Crippen LogP contribution in [0.1, 0.15) is 40.4 Å². The van der Waals surface area contributed by atoms with Gasteiger partial charge in [0.15, 0.2) is 11.5 Å². The lowest BCUT2D eigenvalue weighted by atomic mass is 10.1. The third kappa shape index (κ3) is 2.79. The second kappa shape index (κ2) is 6.22. The van der Waals surface area contributed by atoms with Crippen molar-refractivity contribution >= 4 is 22.5 Å². The van der Waals surface area contributed by atoms with E-state index in [1.807, 2.05) is 73.8 Å². The van der Waals surface area contributed by atoms with Gasteiger partial charge in [-0.1, -0.05) is 17.7 Å². The van der Waals surface area contributed by atoms with Gasteiger partial charge in [-0.05, 0) is 51.1 Å². The van der Waals surface area contributed by atoms with Crippen LogP contribution in [0.2, 0.25) is 0 Å². The first-order chi connectivity index (χ1) is 12.5. The van der Waals surface area contributed by atoms with E-state index in [-0.39, 0.29) is 11.9 Å². The third-order valence-corrected chi connectivity index (χ3v) is 4.48. The number of carbonyl (C=O) groups is 1. The van der Waals surface area contributed by atoms with E-state index in [0.29, 0.717) is 17.1 Å². The Hall–Kier alpha value is -3.28. The Morgan fingerprint density at radius 1 is 1.12 bits per heavy atom. The first-order valence-corrected chi connectivity index (χ1v) is 8.51. The van der Waals surface area contributed by atoms with Crippen molar-refractivity contribution in [2.24, 2.45) is 0 Å². The summed E-state index contributed by atoms with van der Waals surface area (Å²) in [4.78, 5) is 17.4. The maximum absolute atomic E-state index is 12.8. The molecule has 1 aromatic carbocycles. The largest absolute Gasteiger partial charge is 0.342 e. The molecule has 3 heterocycles. The molecule has 4 rings (SSSR count). The molecule has 0 fully saturated rings. The molecule has 0 spiro atoms. The Kier molecular flexibility index (Phi) is 3.88. The molecule has 0 aliphatic rings. The van der Waals surface area contributed by atoms with Crippen LogP contribution in [0.15, 0.2) is 48.7 Å². The van der Waals surface area contributed by atoms with E-state index in [2.05, 4.69) is 20.5 Å². The highest BCUT2D eigenvalue weighted by Gasteiger charge is 2.18. The standard InChI is InChI=1S/C20H19N5O/c1-12-7-8-17-15(10-12)11-16(13(2)21-17)20(26)22-14(3)19-24-23-18-6-4-5-9-25(18)19/h4-11,14H,1-3H3,(H,22,26). The molecule has 6 nitrogen and oxygen atoms in total. The highest BCUT2D eigenvalue weighted by molar-refractivity contribution is 5.98. The van der Waals surface area contributed by atoms with Crippen LogP contribution in [0.25, 0.3) is 16.6 Å². The molecule has 0 saturated heterocycles. The van der Waals surface area contributed by atoms with Crippen LogP contribution in [0.5, 0.6) is 0 Å². The first-order valence-electron chi connectivity index (χ1n) is 8.51. The zero-order valence-corrected chi connectivity index (χ0v) is 14.9. The number of benzene rings is 1. The lowest BCUT2D eigenvalue weighted by Gasteiger charge is -2.14. The van der Waals surface area contributed by atoms with Gasteiger partial charge in [-0.25, -0.2) is 0 Å². The number of aryl methyl sites for hydroxylation is 2. The van der Waals surface area contributed by atoms with Crippen molar-refractivity contribution in [3.8, 4) is 0 Å². The van der Waals surface area contributed by atoms with Gasteiger partial charge in [0, 0.05) is 11.6 Å². The van der Waals surface area contributed by atoms with E-state index in [1.165, 1.54) is 0 Å². The van der Waals surface area contributed by atoms with Crippen molar-refractivity contribution in [1.29, 1.82) is 0 Å². The van der Waals surface area contributed by atoms with E-state index in [1.54, 1.807) is 0 Å². The van der Waals surface area contributed by atoms with Gasteiger partial charge in [-0.3, -0.25) is 14.2 Å². The van der Waals surface area contributed by atoms with Crippen LogP contribution >= 0.6 is 0 Å². The molecule has 1 unspecified atom stereocenters. The van der Waals surface area contributed by atoms with E-state index >= 15 is 0 Å². The predicted molar refractivity (Wildman–Crippen MR) is 100 cm³/mol. The maximum Gasteiger partial charge on any atom is 0.253 e. The molecule has 1 atom stereocenters. The average Bonchev–Trinajstić information content (AvgIpc) is 3.05. The molecule has 6 heteroatoms. The molecule has 0 radical (unpaired) electrons. The van der Waals surface area contributed by atoms with Gasteiger partial charge < -0.3 is 5.32 Å². The van der Waals surface area contributed by atoms with Crippen LogP contribution in [-0.4, -0.2) is 25.5 Å². The molecule has 4 aromatic rings. The summed E-state index contributed by atoms with van der Waals surface area (Å²) in [5.74, 6) is 0.523. The number of amides is 1. The SMILES string of the molecule is Cc1ccc2nc(C)c(C(=O)NC(C)c3nnc4ccccn34)cc2c1. The molecule has 0 aliphatic heterocycles. The van der Waals surface area contributed by atoms with Crippen molar-refractivity contribution in [3.63, 3.8) is 0 Å². The van der Waals surface area contributed by atoms with Gasteiger partial charge >= 0.3 is 0 Å². The van der Waals surface area contributed by atoms with E-state index < -0.39 is 0 Å². The fraction of sp³-hybridized carbons (Fsp3) is 0.200. The smallest absolute Gasteiger partial charge is 0.253 e. The summed E-state index contributed by atoms with van der Waals surface area (Å²) < 4.78 is 1.87. The molecule has 130 valence electrons. The Labute approximate surface area is 150 Å². The van der Waals surface area contributed by atoms with Crippen LogP contribution in [-0.2, 0) is 0 Å². The van der Waals surface area contributed by atoms with Gasteiger partial charge in [0.05, 0.1) is 22.8 Å². The molecule has 1 N–H and O–H groups in total. The summed E-state index contributed by atoms with van der Waals surface area (Å²) in [5.41, 5.74) is 4.06. The molecule has 1 amide bonds. The zero-order chi connectivity index (χ0) is 18.3. The Balaban J connectivity index is 1.65. The lowest BCUT2D eigenvalue weighted by molar-refractivity contribution is 0.0937. The van der Waals surface area contributed by atoms with Crippen LogP contribution < -0.4 is 5.32 Å². The predicted octanol–water partition coefficient (Wildman–Crippen LogP) is 3.39. The molecule has 0 aliphatic carbocycles. The maximum atomic E-state index is 12.8. The van der Waals surface area contributed by atoms with Crippen molar-refractivity contribution in [3.05, 3.63) is 71.3 Å². The molecular formula is C20H19N5O. The van der Waals surface area contributed by atoms with Crippen molar-refractivity contribution in [2.75, 3.05) is 0 Å². The number of carbonyl (C=O) groups excluding carboxylic acids is 1. The molecule has 3 aromatic heterocycles. The second-order valence-corrected chi connectivity index (χ2v) is 6.50. The third-order valence-electron chi connectivity index (χ3n) is 4.48. The number of nitrogens with one attached hydrogen (secondary N) is 1. The molecule has 0 bridgehead atoms. The van der Waals surface area contributed by atoms with Gasteiger partial charge in [-0.15, -0.1) is 10.2 Å². The van der Waals surface area contributed by atoms with E-state index in [9.17, 15) is 4.79 Å². The van der Waals surface area contributed by atoms with Crippen LogP contribution in [0, 0.1) is 13.8 Å². The van der Waals surface area contributed by atoms with E-state index in [4.69, 9.17) is 0 Å². The zero-order valence-electron chi connectivity index (χ0n) is 14.9. The number of aromatic nitrogens is 4. The van der Waals surface area contributed by atoms with Gasteiger partial charge in [-0.2, -0.15) is 0 Å². The minimum atomic E-state index is -0.285. The summed E-state index contributed by atoms with van der Waals surface area (Å²) >= 11 is 0. The number of nitrogens with zero attached hydrogens (tertiary/aromatic N) is 4. The Bertz CT molecular complexity index is 1130. The minimum absolute atomic E-state index is 0.168. The number of rotatable bonds is 3. The molecule has 26 heavy (non-hydrogen) atoms. The summed E-state index contributed by atoms with van der Waals surface area (Å²) in [6.45, 7) is 5.78. The Morgan fingerprint density at radius 3 is 2.81 bits per heavy atom. The van der Waals surface area contributed by atoms with Gasteiger partial charge in [0.2, 0.25) is 0 Å². The summed E-state index contributed by atoms with van der Waals surface area (Å²) in [6.07, 6.45) is 1.89. The topological polar surface area (TPSA) is 72.2 Å². The molecular weight excluding hydrogens is 326 g/mol. The monoisotopic (exact) mass is 345 g/mol.